The Labute approximate surface area is 110 Å². The van der Waals surface area contributed by atoms with E-state index in [9.17, 15) is 0 Å². The number of hydrogen-bond donors (Lipinski definition) is 1. The number of benzene rings is 1. The largest absolute Gasteiger partial charge is 0.329 e. The second-order valence-electron chi connectivity index (χ2n) is 4.74. The average molecular weight is 296 g/mol. The van der Waals surface area contributed by atoms with Gasteiger partial charge in [-0.3, -0.25) is 0 Å². The number of rotatable bonds is 3. The third-order valence-corrected chi connectivity index (χ3v) is 3.43. The van der Waals surface area contributed by atoms with Gasteiger partial charge in [0.15, 0.2) is 0 Å². The van der Waals surface area contributed by atoms with E-state index < -0.39 is 0 Å². The molecule has 0 aliphatic rings. The van der Waals surface area contributed by atoms with Gasteiger partial charge in [-0.15, -0.1) is 0 Å². The Bertz CT molecular complexity index is 543. The van der Waals surface area contributed by atoms with Crippen molar-refractivity contribution < 1.29 is 0 Å². The van der Waals surface area contributed by atoms with E-state index >= 15 is 0 Å². The Balaban J connectivity index is 2.45. The molecule has 0 aliphatic carbocycles. The molecule has 17 heavy (non-hydrogen) atoms. The van der Waals surface area contributed by atoms with Crippen LogP contribution in [0.3, 0.4) is 0 Å². The maximum absolute atomic E-state index is 4.68. The summed E-state index contributed by atoms with van der Waals surface area (Å²) < 4.78 is 3.26. The van der Waals surface area contributed by atoms with Crippen molar-refractivity contribution in [3.8, 4) is 0 Å². The Hall–Kier alpha value is -0.870. The van der Waals surface area contributed by atoms with Gasteiger partial charge in [0.05, 0.1) is 17.6 Å². The van der Waals surface area contributed by atoms with Crippen LogP contribution in [0.15, 0.2) is 16.6 Å². The maximum Gasteiger partial charge on any atom is 0.123 e. The van der Waals surface area contributed by atoms with Crippen molar-refractivity contribution in [3.63, 3.8) is 0 Å². The third-order valence-electron chi connectivity index (χ3n) is 2.83. The van der Waals surface area contributed by atoms with Gasteiger partial charge in [0.1, 0.15) is 5.82 Å². The van der Waals surface area contributed by atoms with Crippen LogP contribution in [-0.4, -0.2) is 15.6 Å². The number of halogens is 1. The zero-order valence-electron chi connectivity index (χ0n) is 10.7. The molecule has 0 amide bonds. The van der Waals surface area contributed by atoms with Crippen molar-refractivity contribution in [2.45, 2.75) is 33.4 Å². The lowest BCUT2D eigenvalue weighted by atomic mass is 10.2. The summed E-state index contributed by atoms with van der Waals surface area (Å²) in [4.78, 5) is 4.68. The van der Waals surface area contributed by atoms with Crippen molar-refractivity contribution >= 4 is 27.0 Å². The van der Waals surface area contributed by atoms with E-state index in [4.69, 9.17) is 0 Å². The molecule has 0 unspecified atom stereocenters. The summed E-state index contributed by atoms with van der Waals surface area (Å²) in [6, 6.07) is 4.72. The van der Waals surface area contributed by atoms with Gasteiger partial charge < -0.3 is 9.88 Å². The van der Waals surface area contributed by atoms with Gasteiger partial charge in [-0.1, -0.05) is 13.8 Å². The molecule has 1 heterocycles. The minimum absolute atomic E-state index is 0.472. The molecule has 3 nitrogen and oxygen atoms in total. The predicted octanol–water partition coefficient (Wildman–Crippen LogP) is 3.14. The molecule has 2 aromatic rings. The summed E-state index contributed by atoms with van der Waals surface area (Å²) in [6.45, 7) is 7.17. The summed E-state index contributed by atoms with van der Waals surface area (Å²) in [5.74, 6) is 1.07. The maximum atomic E-state index is 4.68. The first-order valence-electron chi connectivity index (χ1n) is 5.84. The molecule has 0 saturated heterocycles. The molecule has 0 fully saturated rings. The van der Waals surface area contributed by atoms with E-state index in [2.05, 4.69) is 70.7 Å². The van der Waals surface area contributed by atoms with E-state index in [1.54, 1.807) is 0 Å². The molecule has 0 saturated carbocycles. The number of hydrogen-bond acceptors (Lipinski definition) is 2. The number of nitrogens with one attached hydrogen (secondary N) is 1. The summed E-state index contributed by atoms with van der Waals surface area (Å²) in [5, 5.41) is 3.40. The summed E-state index contributed by atoms with van der Waals surface area (Å²) in [7, 11) is 2.06. The lowest BCUT2D eigenvalue weighted by Gasteiger charge is -2.08. The van der Waals surface area contributed by atoms with Crippen molar-refractivity contribution in [1.29, 1.82) is 0 Å². The highest BCUT2D eigenvalue weighted by Crippen LogP contribution is 2.25. The fourth-order valence-electron chi connectivity index (χ4n) is 1.93. The van der Waals surface area contributed by atoms with Crippen LogP contribution in [-0.2, 0) is 13.6 Å². The molecule has 92 valence electrons. The van der Waals surface area contributed by atoms with Crippen LogP contribution in [0.1, 0.15) is 25.2 Å². The van der Waals surface area contributed by atoms with Crippen LogP contribution in [0.2, 0.25) is 0 Å². The number of aromatic nitrogens is 2. The first-order valence-corrected chi connectivity index (χ1v) is 6.63. The van der Waals surface area contributed by atoms with Gasteiger partial charge in [0.25, 0.3) is 0 Å². The average Bonchev–Trinajstić information content (AvgIpc) is 2.52. The second-order valence-corrected chi connectivity index (χ2v) is 5.59. The van der Waals surface area contributed by atoms with Gasteiger partial charge in [-0.2, -0.15) is 0 Å². The third kappa shape index (κ3) is 2.53. The van der Waals surface area contributed by atoms with Crippen LogP contribution in [0, 0.1) is 6.92 Å². The lowest BCUT2D eigenvalue weighted by Crippen LogP contribution is -2.23. The topological polar surface area (TPSA) is 29.9 Å². The Morgan fingerprint density at radius 3 is 2.76 bits per heavy atom. The minimum Gasteiger partial charge on any atom is -0.329 e. The van der Waals surface area contributed by atoms with Crippen molar-refractivity contribution in [3.05, 3.63) is 28.0 Å². The highest BCUT2D eigenvalue weighted by Gasteiger charge is 2.11. The molecule has 1 aromatic heterocycles. The molecule has 0 radical (unpaired) electrons. The quantitative estimate of drug-likeness (QED) is 0.943. The van der Waals surface area contributed by atoms with E-state index in [-0.39, 0.29) is 0 Å². The molecule has 0 spiro atoms. The van der Waals surface area contributed by atoms with Gasteiger partial charge in [0, 0.05) is 17.6 Å². The van der Waals surface area contributed by atoms with E-state index in [0.717, 1.165) is 27.9 Å². The SMILES string of the molecule is Cc1cc(Br)c2c(c1)nc(CNC(C)C)n2C. The molecule has 0 aliphatic heterocycles. The van der Waals surface area contributed by atoms with Crippen LogP contribution in [0.5, 0.6) is 0 Å². The number of fused-ring (bicyclic) bond motifs is 1. The minimum atomic E-state index is 0.472. The molecule has 0 bridgehead atoms. The van der Waals surface area contributed by atoms with E-state index in [1.807, 2.05) is 0 Å². The van der Waals surface area contributed by atoms with Gasteiger partial charge in [0.2, 0.25) is 0 Å². The predicted molar refractivity (Wildman–Crippen MR) is 75.1 cm³/mol. The first-order chi connectivity index (χ1) is 7.99. The molecule has 1 aromatic carbocycles. The molecular formula is C13H18BrN3. The lowest BCUT2D eigenvalue weighted by molar-refractivity contribution is 0.563. The summed E-state index contributed by atoms with van der Waals surface area (Å²) in [5.41, 5.74) is 3.45. The normalized spacial score (nSPS) is 11.6. The standard InChI is InChI=1S/C13H18BrN3/c1-8(2)15-7-12-16-11-6-9(3)5-10(14)13(11)17(12)4/h5-6,8,15H,7H2,1-4H3. The van der Waals surface area contributed by atoms with Crippen molar-refractivity contribution in [2.24, 2.45) is 7.05 Å². The molecule has 2 rings (SSSR count). The van der Waals surface area contributed by atoms with Gasteiger partial charge in [-0.25, -0.2) is 4.98 Å². The second kappa shape index (κ2) is 4.78. The van der Waals surface area contributed by atoms with Crippen molar-refractivity contribution in [1.82, 2.24) is 14.9 Å². The molecular weight excluding hydrogens is 278 g/mol. The van der Waals surface area contributed by atoms with Crippen molar-refractivity contribution in [2.75, 3.05) is 0 Å². The molecule has 0 atom stereocenters. The highest BCUT2D eigenvalue weighted by atomic mass is 79.9. The van der Waals surface area contributed by atoms with E-state index in [1.165, 1.54) is 5.56 Å². The fraction of sp³-hybridized carbons (Fsp3) is 0.462. The Morgan fingerprint density at radius 1 is 1.41 bits per heavy atom. The number of imidazole rings is 1. The number of nitrogens with zero attached hydrogens (tertiary/aromatic N) is 2. The smallest absolute Gasteiger partial charge is 0.123 e. The Morgan fingerprint density at radius 2 is 2.12 bits per heavy atom. The Kier molecular flexibility index (Phi) is 3.54. The fourth-order valence-corrected chi connectivity index (χ4v) is 2.76. The zero-order chi connectivity index (χ0) is 12.6. The molecule has 1 N–H and O–H groups in total. The van der Waals surface area contributed by atoms with E-state index in [0.29, 0.717) is 6.04 Å². The van der Waals surface area contributed by atoms with Gasteiger partial charge in [-0.05, 0) is 40.5 Å². The van der Waals surface area contributed by atoms with Crippen LogP contribution >= 0.6 is 15.9 Å². The number of aryl methyl sites for hydroxylation is 2. The van der Waals surface area contributed by atoms with Crippen LogP contribution in [0.4, 0.5) is 0 Å². The summed E-state index contributed by atoms with van der Waals surface area (Å²) in [6.07, 6.45) is 0. The highest BCUT2D eigenvalue weighted by molar-refractivity contribution is 9.10. The molecule has 4 heteroatoms. The first kappa shape index (κ1) is 12.6. The zero-order valence-corrected chi connectivity index (χ0v) is 12.3. The summed E-state index contributed by atoms with van der Waals surface area (Å²) >= 11 is 3.61. The monoisotopic (exact) mass is 295 g/mol. The van der Waals surface area contributed by atoms with Gasteiger partial charge >= 0.3 is 0 Å². The van der Waals surface area contributed by atoms with Crippen LogP contribution in [0.25, 0.3) is 11.0 Å². The van der Waals surface area contributed by atoms with Crippen LogP contribution < -0.4 is 5.32 Å².